The molecule has 9 aromatic rings. The number of nitrogens with two attached hydrogens (primary N) is 1. The first-order valence-electron chi connectivity index (χ1n) is 31.8. The fourth-order valence-electron chi connectivity index (χ4n) is 9.21. The molecule has 0 spiro atoms. The number of aromatic hydroxyl groups is 3. The monoisotopic (exact) mass is 1410 g/mol. The number of rotatable bonds is 21. The summed E-state index contributed by atoms with van der Waals surface area (Å²) in [4.78, 5) is 103. The van der Waals surface area contributed by atoms with Crippen molar-refractivity contribution in [1.29, 1.82) is 0 Å². The highest BCUT2D eigenvalue weighted by Gasteiger charge is 2.20. The van der Waals surface area contributed by atoms with Gasteiger partial charge in [0.25, 0.3) is 0 Å². The van der Waals surface area contributed by atoms with Crippen LogP contribution in [0.3, 0.4) is 0 Å². The van der Waals surface area contributed by atoms with Gasteiger partial charge in [-0.1, -0.05) is 119 Å². The zero-order chi connectivity index (χ0) is 75.7. The number of hydrogen-bond donors (Lipinski definition) is 9. The molecule has 0 aliphatic rings. The van der Waals surface area contributed by atoms with Crippen LogP contribution in [0.25, 0.3) is 0 Å². The Labute approximate surface area is 596 Å². The number of methoxy groups -OCH3 is 4. The number of esters is 6. The molecule has 0 saturated carbocycles. The second-order valence-electron chi connectivity index (χ2n) is 22.9. The Morgan fingerprint density at radius 2 is 0.650 bits per heavy atom. The molecule has 0 bridgehead atoms. The van der Waals surface area contributed by atoms with Crippen molar-refractivity contribution in [3.63, 3.8) is 0 Å². The number of phenols is 3. The lowest BCUT2D eigenvalue weighted by Crippen LogP contribution is -2.15. The van der Waals surface area contributed by atoms with Crippen LogP contribution in [-0.2, 0) is 63.8 Å². The quantitative estimate of drug-likeness (QED) is 0.0106. The van der Waals surface area contributed by atoms with E-state index in [1.165, 1.54) is 125 Å². The van der Waals surface area contributed by atoms with E-state index in [0.29, 0.717) is 29.3 Å². The highest BCUT2D eigenvalue weighted by atomic mass is 16.6. The van der Waals surface area contributed by atoms with E-state index in [2.05, 4.69) is 90.9 Å². The number of phenolic OH excluding ortho intramolecular Hbond substituents is 2. The molecular formula is C79H83N5O19. The number of aryl methyl sites for hydroxylation is 4. The van der Waals surface area contributed by atoms with Gasteiger partial charge >= 0.3 is 41.8 Å². The predicted octanol–water partition coefficient (Wildman–Crippen LogP) is 12.7. The third kappa shape index (κ3) is 27.7. The number of nitrogens with one attached hydrogen (secondary N) is 4. The molecule has 0 heterocycles. The maximum absolute atomic E-state index is 12.2. The first-order chi connectivity index (χ1) is 49.1. The molecule has 0 fully saturated rings. The highest BCUT2D eigenvalue weighted by Crippen LogP contribution is 2.28. The van der Waals surface area contributed by atoms with Crippen LogP contribution >= 0.6 is 0 Å². The fraction of sp³-hybridized carbons (Fsp3) is 0.203. The van der Waals surface area contributed by atoms with Crippen molar-refractivity contribution in [2.24, 2.45) is 0 Å². The van der Waals surface area contributed by atoms with Gasteiger partial charge < -0.3 is 75.8 Å². The minimum atomic E-state index is -1.13. The number of benzene rings is 9. The second-order valence-corrected chi connectivity index (χ2v) is 22.9. The minimum Gasteiger partial charge on any atom is -0.507 e. The molecule has 0 unspecified atom stereocenters. The zero-order valence-electron chi connectivity index (χ0n) is 58.6. The molecule has 0 aliphatic carbocycles. The summed E-state index contributed by atoms with van der Waals surface area (Å²) < 4.78 is 28.4. The van der Waals surface area contributed by atoms with Crippen LogP contribution in [0.2, 0.25) is 0 Å². The predicted molar refractivity (Wildman–Crippen MR) is 390 cm³/mol. The summed E-state index contributed by atoms with van der Waals surface area (Å²) in [5.41, 5.74) is 17.3. The Bertz CT molecular complexity index is 4410. The van der Waals surface area contributed by atoms with E-state index >= 15 is 0 Å². The SMILES string of the molecule is COC(=O)c1cc(N)ccc1O.COC(=O)c1cc(NC(=O)Cc2ccc(C)cc2)ccc1O.COC(=O)c1cc(NC(=O)Cc2ccc(C)cc2)ccc1OC(C)=O.COC(=O)c1cc(NCCc2ccc(C)cc2)ccc1OC(C)=O.Cc1ccc(CCNc2ccc(O)c(C(=O)O)c2)cc1. The van der Waals surface area contributed by atoms with Crippen molar-refractivity contribution in [2.45, 2.75) is 67.2 Å². The van der Waals surface area contributed by atoms with Crippen molar-refractivity contribution in [3.05, 3.63) is 260 Å². The van der Waals surface area contributed by atoms with Gasteiger partial charge in [-0.3, -0.25) is 19.2 Å². The number of ether oxygens (including phenoxy) is 6. The van der Waals surface area contributed by atoms with Gasteiger partial charge in [-0.15, -0.1) is 0 Å². The third-order valence-corrected chi connectivity index (χ3v) is 14.6. The summed E-state index contributed by atoms with van der Waals surface area (Å²) in [6.07, 6.45) is 2.15. The lowest BCUT2D eigenvalue weighted by Gasteiger charge is -2.11. The number of carboxylic acids is 1. The standard InChI is InChI=1S/C19H19NO5.C19H21NO4.C17H17NO4.C16H17NO3.C8H9NO3/c1-12-4-6-14(7-5-12)10-18(22)20-15-8-9-17(25-13(2)21)16(11-15)19(23)24-3;1-13-4-6-15(7-5-13)10-11-20-16-8-9-18(24-14(2)21)17(12-16)19(22)23-3;1-11-3-5-12(6-4-11)9-16(20)18-13-7-8-15(19)14(10-13)17(21)22-2;1-11-2-4-12(5-3-11)8-9-17-13-6-7-15(18)14(10-13)16(19)20;1-12-8(11)6-4-5(9)2-3-7(6)10/h4-9,11H,10H2,1-3H3,(H,20,22);4-9,12,20H,10-11H2,1-3H3;3-8,10,19H,9H2,1-2H3,(H,18,20);2-7,10,17-18H,8-9H2,1H3,(H,19,20);2-4,10H,9H2,1H3. The number of carboxylic acid groups (broad SMARTS) is 1. The molecule has 0 atom stereocenters. The number of carbonyl (C=O) groups excluding carboxylic acids is 8. The Morgan fingerprint density at radius 3 is 1.02 bits per heavy atom. The Kier molecular flexibility index (Phi) is 32.0. The number of aromatic carboxylic acids is 1. The third-order valence-electron chi connectivity index (χ3n) is 14.6. The lowest BCUT2D eigenvalue weighted by atomic mass is 10.1. The van der Waals surface area contributed by atoms with E-state index in [1.807, 2.05) is 69.3 Å². The van der Waals surface area contributed by atoms with E-state index in [1.54, 1.807) is 30.3 Å². The zero-order valence-corrected chi connectivity index (χ0v) is 58.6. The van der Waals surface area contributed by atoms with Crippen LogP contribution in [0, 0.1) is 27.7 Å². The normalized spacial score (nSPS) is 10.0. The summed E-state index contributed by atoms with van der Waals surface area (Å²) >= 11 is 0. The van der Waals surface area contributed by atoms with Crippen LogP contribution in [0.1, 0.15) is 110 Å². The minimum absolute atomic E-state index is 0.00985. The van der Waals surface area contributed by atoms with E-state index < -0.39 is 41.8 Å². The van der Waals surface area contributed by atoms with Gasteiger partial charge in [-0.05, 0) is 154 Å². The molecule has 2 amide bonds. The largest absolute Gasteiger partial charge is 0.507 e. The molecule has 0 aromatic heterocycles. The van der Waals surface area contributed by atoms with Gasteiger partial charge in [0.1, 0.15) is 56.6 Å². The van der Waals surface area contributed by atoms with Crippen molar-refractivity contribution < 1.29 is 92.0 Å². The molecule has 9 rings (SSSR count). The summed E-state index contributed by atoms with van der Waals surface area (Å²) in [6.45, 7) is 12.0. The summed E-state index contributed by atoms with van der Waals surface area (Å²) in [6, 6.07) is 54.3. The highest BCUT2D eigenvalue weighted by molar-refractivity contribution is 5.99. The maximum Gasteiger partial charge on any atom is 0.341 e. The number of hydrogen-bond acceptors (Lipinski definition) is 21. The van der Waals surface area contributed by atoms with Gasteiger partial charge in [0.15, 0.2) is 0 Å². The average molecular weight is 1410 g/mol. The lowest BCUT2D eigenvalue weighted by molar-refractivity contribution is -0.132. The maximum atomic E-state index is 12.2. The number of nitrogen functional groups attached to an aromatic ring is 1. The molecule has 0 saturated heterocycles. The van der Waals surface area contributed by atoms with Gasteiger partial charge in [-0.25, -0.2) is 24.0 Å². The molecular weight excluding hydrogens is 1320 g/mol. The topological polar surface area (TPSA) is 364 Å². The first-order valence-corrected chi connectivity index (χ1v) is 31.8. The number of carbonyl (C=O) groups is 9. The van der Waals surface area contributed by atoms with Gasteiger partial charge in [0.05, 0.1) is 41.3 Å². The van der Waals surface area contributed by atoms with E-state index in [9.17, 15) is 58.5 Å². The molecule has 10 N–H and O–H groups in total. The van der Waals surface area contributed by atoms with Crippen LogP contribution < -0.4 is 36.5 Å². The molecule has 0 aliphatic heterocycles. The molecule has 103 heavy (non-hydrogen) atoms. The summed E-state index contributed by atoms with van der Waals surface area (Å²) in [7, 11) is 4.98. The molecule has 9 aromatic carbocycles. The van der Waals surface area contributed by atoms with Gasteiger partial charge in [0, 0.05) is 55.4 Å². The van der Waals surface area contributed by atoms with E-state index in [0.717, 1.165) is 47.3 Å². The molecule has 24 nitrogen and oxygen atoms in total. The first kappa shape index (κ1) is 80.7. The Balaban J connectivity index is 0.000000235. The smallest absolute Gasteiger partial charge is 0.341 e. The van der Waals surface area contributed by atoms with Crippen LogP contribution in [0.5, 0.6) is 28.7 Å². The van der Waals surface area contributed by atoms with E-state index in [4.69, 9.17) is 25.1 Å². The van der Waals surface area contributed by atoms with Crippen molar-refractivity contribution in [1.82, 2.24) is 0 Å². The fourth-order valence-corrected chi connectivity index (χ4v) is 9.21. The van der Waals surface area contributed by atoms with Crippen LogP contribution in [0.15, 0.2) is 188 Å². The summed E-state index contributed by atoms with van der Waals surface area (Å²) in [5, 5.41) is 49.0. The average Bonchev–Trinajstić information content (AvgIpc) is 0.838. The van der Waals surface area contributed by atoms with Crippen molar-refractivity contribution in [2.75, 3.05) is 68.5 Å². The van der Waals surface area contributed by atoms with Gasteiger partial charge in [-0.2, -0.15) is 0 Å². The molecule has 0 radical (unpaired) electrons. The van der Waals surface area contributed by atoms with Crippen LogP contribution in [-0.4, -0.2) is 116 Å². The molecule has 24 heteroatoms. The van der Waals surface area contributed by atoms with Crippen molar-refractivity contribution in [3.8, 4) is 28.7 Å². The second kappa shape index (κ2) is 40.8. The van der Waals surface area contributed by atoms with Gasteiger partial charge in [0.2, 0.25) is 11.8 Å². The molecule has 538 valence electrons. The number of anilines is 5. The van der Waals surface area contributed by atoms with E-state index in [-0.39, 0.29) is 81.2 Å². The Morgan fingerprint density at radius 1 is 0.359 bits per heavy atom. The number of amides is 2. The van der Waals surface area contributed by atoms with Crippen molar-refractivity contribution >= 4 is 82.0 Å². The summed E-state index contributed by atoms with van der Waals surface area (Å²) in [5.74, 6) is -5.34. The van der Waals surface area contributed by atoms with Crippen LogP contribution in [0.4, 0.5) is 28.4 Å². The Hall–Kier alpha value is -13.0.